The summed E-state index contributed by atoms with van der Waals surface area (Å²) < 4.78 is 0. The summed E-state index contributed by atoms with van der Waals surface area (Å²) in [6, 6.07) is -0.160. The Hall–Kier alpha value is 1.76. The van der Waals surface area contributed by atoms with Gasteiger partial charge in [-0.05, 0) is 6.92 Å². The van der Waals surface area contributed by atoms with E-state index < -0.39 is 0 Å². The van der Waals surface area contributed by atoms with Crippen molar-refractivity contribution in [2.45, 2.75) is 16.6 Å². The van der Waals surface area contributed by atoms with Crippen LogP contribution in [0.2, 0.25) is 0 Å². The molecule has 0 fully saturated rings. The van der Waals surface area contributed by atoms with Gasteiger partial charge in [-0.1, -0.05) is 63.7 Å². The molecule has 0 rings (SSSR count). The Bertz CT molecular complexity index is 306. The number of hydrogen-bond donors (Lipinski definition) is 0. The fourth-order valence-corrected chi connectivity index (χ4v) is 6.01. The molecular weight excluding hydrogens is 584 g/mol. The number of aliphatic imine (C=N–C) groups is 1. The lowest BCUT2D eigenvalue weighted by Crippen LogP contribution is -2.39. The lowest BCUT2D eigenvalue weighted by molar-refractivity contribution is 0.210. The zero-order valence-electron chi connectivity index (χ0n) is 12.5. The number of nitrogens with zero attached hydrogens (tertiary/aromatic N) is 2. The van der Waals surface area contributed by atoms with E-state index in [4.69, 9.17) is 0 Å². The molecule has 2 atom stereocenters. The Kier molecular flexibility index (Phi) is 17.5. The van der Waals surface area contributed by atoms with Crippen LogP contribution in [0.25, 0.3) is 0 Å². The smallest absolute Gasteiger partial charge is 0.321 e. The number of carbonyl (C=O) groups is 1. The van der Waals surface area contributed by atoms with Crippen molar-refractivity contribution >= 4 is 99.5 Å². The van der Waals surface area contributed by atoms with Crippen LogP contribution < -0.4 is 0 Å². The molecule has 0 heterocycles. The van der Waals surface area contributed by atoms with Crippen LogP contribution in [0.15, 0.2) is 4.99 Å². The van der Waals surface area contributed by atoms with Gasteiger partial charge in [0.05, 0.1) is 0 Å². The normalized spacial score (nSPS) is 14.2. The summed E-state index contributed by atoms with van der Waals surface area (Å²) in [5, 5.41) is 1.99. The van der Waals surface area contributed by atoms with Gasteiger partial charge in [0.25, 0.3) is 0 Å². The number of alkyl halides is 4. The average Bonchev–Trinajstić information content (AvgIpc) is 2.47. The van der Waals surface area contributed by atoms with E-state index in [0.717, 1.165) is 33.7 Å². The lowest BCUT2D eigenvalue weighted by atomic mass is 10.3. The highest BCUT2D eigenvalue weighted by atomic mass is 79.9. The van der Waals surface area contributed by atoms with Gasteiger partial charge in [0.15, 0.2) is 0 Å². The molecule has 0 aliphatic carbocycles. The Balaban J connectivity index is 4.39. The van der Waals surface area contributed by atoms with Crippen LogP contribution in [-0.4, -0.2) is 73.6 Å². The topological polar surface area (TPSA) is 32.7 Å². The fraction of sp³-hybridized carbons (Fsp3) is 0.846. The molecule has 0 bridgehead atoms. The molecule has 0 aliphatic rings. The van der Waals surface area contributed by atoms with E-state index in [1.54, 1.807) is 13.1 Å². The summed E-state index contributed by atoms with van der Waals surface area (Å²) in [7, 11) is 0. The molecule has 9 heteroatoms. The van der Waals surface area contributed by atoms with Crippen molar-refractivity contribution in [2.75, 3.05) is 46.8 Å². The minimum atomic E-state index is -0.160. The predicted octanol–water partition coefficient (Wildman–Crippen LogP) is 5.28. The number of rotatable bonds is 12. The van der Waals surface area contributed by atoms with Crippen molar-refractivity contribution in [3.8, 4) is 0 Å². The molecule has 0 saturated carbocycles. The van der Waals surface area contributed by atoms with Crippen molar-refractivity contribution < 1.29 is 4.79 Å². The van der Waals surface area contributed by atoms with Crippen LogP contribution in [0.3, 0.4) is 0 Å². The van der Waals surface area contributed by atoms with Crippen molar-refractivity contribution in [2.24, 2.45) is 4.99 Å². The lowest BCUT2D eigenvalue weighted by Gasteiger charge is -2.25. The summed E-state index contributed by atoms with van der Waals surface area (Å²) in [4.78, 5) is 18.4. The maximum atomic E-state index is 12.1. The molecule has 0 aliphatic heterocycles. The molecule has 0 aromatic heterocycles. The zero-order valence-corrected chi connectivity index (χ0v) is 20.5. The number of hydrogen-bond acceptors (Lipinski definition) is 3. The Morgan fingerprint density at radius 2 is 1.55 bits per heavy atom. The molecule has 2 amide bonds. The number of thioether (sulfide) groups is 2. The predicted molar refractivity (Wildman–Crippen MR) is 119 cm³/mol. The molecule has 130 valence electrons. The van der Waals surface area contributed by atoms with E-state index in [1.807, 2.05) is 28.4 Å². The van der Waals surface area contributed by atoms with Crippen LogP contribution in [-0.2, 0) is 0 Å². The third kappa shape index (κ3) is 13.1. The van der Waals surface area contributed by atoms with E-state index in [-0.39, 0.29) is 15.7 Å². The van der Waals surface area contributed by atoms with Gasteiger partial charge in [-0.25, -0.2) is 9.79 Å². The molecule has 0 saturated heterocycles. The maximum absolute atomic E-state index is 12.1. The van der Waals surface area contributed by atoms with Gasteiger partial charge in [-0.3, -0.25) is 0 Å². The first-order chi connectivity index (χ1) is 10.5. The van der Waals surface area contributed by atoms with Crippen LogP contribution in [0.1, 0.15) is 6.92 Å². The van der Waals surface area contributed by atoms with E-state index in [1.165, 1.54) is 0 Å². The summed E-state index contributed by atoms with van der Waals surface area (Å²) in [6.07, 6.45) is 1.56. The first-order valence-electron chi connectivity index (χ1n) is 6.88. The second kappa shape index (κ2) is 16.2. The minimum Gasteiger partial charge on any atom is -0.321 e. The molecular formula is C13H22Br4N2OS2. The van der Waals surface area contributed by atoms with E-state index >= 15 is 0 Å². The van der Waals surface area contributed by atoms with E-state index in [9.17, 15) is 4.79 Å². The zero-order chi connectivity index (χ0) is 16.8. The van der Waals surface area contributed by atoms with Crippen LogP contribution in [0.5, 0.6) is 0 Å². The minimum absolute atomic E-state index is 0.160. The number of carbonyl (C=O) groups excluding carboxylic acids is 1. The average molecular weight is 606 g/mol. The molecule has 0 N–H and O–H groups in total. The molecule has 0 aromatic rings. The maximum Gasteiger partial charge on any atom is 0.343 e. The molecule has 0 aromatic carbocycles. The summed E-state index contributed by atoms with van der Waals surface area (Å²) in [6.45, 7) is 3.12. The van der Waals surface area contributed by atoms with Crippen molar-refractivity contribution in [3.63, 3.8) is 0 Å². The Labute approximate surface area is 176 Å². The van der Waals surface area contributed by atoms with E-state index in [2.05, 4.69) is 68.7 Å². The SMILES string of the molecule is C/C=N/C(=O)N(CC(Br)CSCCBr)CC(Br)CSCCBr. The largest absolute Gasteiger partial charge is 0.343 e. The second-order valence-corrected chi connectivity index (χ2v) is 10.8. The third-order valence-corrected chi connectivity index (χ3v) is 8.58. The molecule has 2 unspecified atom stereocenters. The number of amides is 2. The van der Waals surface area contributed by atoms with Gasteiger partial charge in [-0.2, -0.15) is 23.5 Å². The van der Waals surface area contributed by atoms with Crippen molar-refractivity contribution in [1.82, 2.24) is 4.90 Å². The highest BCUT2D eigenvalue weighted by Crippen LogP contribution is 2.16. The first kappa shape index (κ1) is 23.8. The molecule has 22 heavy (non-hydrogen) atoms. The van der Waals surface area contributed by atoms with Gasteiger partial charge in [0, 0.05) is 62.6 Å². The highest BCUT2D eigenvalue weighted by molar-refractivity contribution is 9.10. The van der Waals surface area contributed by atoms with Gasteiger partial charge < -0.3 is 4.90 Å². The molecule has 0 radical (unpaired) electrons. The van der Waals surface area contributed by atoms with Gasteiger partial charge in [-0.15, -0.1) is 0 Å². The molecule has 3 nitrogen and oxygen atoms in total. The Morgan fingerprint density at radius 1 is 1.09 bits per heavy atom. The summed E-state index contributed by atoms with van der Waals surface area (Å²) >= 11 is 17.9. The highest BCUT2D eigenvalue weighted by Gasteiger charge is 2.19. The molecule has 0 spiro atoms. The summed E-state index contributed by atoms with van der Waals surface area (Å²) in [5.41, 5.74) is 0. The van der Waals surface area contributed by atoms with Gasteiger partial charge >= 0.3 is 6.03 Å². The summed E-state index contributed by atoms with van der Waals surface area (Å²) in [5.74, 6) is 4.12. The van der Waals surface area contributed by atoms with Crippen LogP contribution in [0, 0.1) is 0 Å². The van der Waals surface area contributed by atoms with Crippen molar-refractivity contribution in [1.29, 1.82) is 0 Å². The quantitative estimate of drug-likeness (QED) is 0.172. The van der Waals surface area contributed by atoms with Crippen molar-refractivity contribution in [3.05, 3.63) is 0 Å². The van der Waals surface area contributed by atoms with Crippen LogP contribution >= 0.6 is 87.2 Å². The number of urea groups is 1. The number of halogens is 4. The second-order valence-electron chi connectivity index (χ2n) is 4.30. The van der Waals surface area contributed by atoms with Gasteiger partial charge in [0.2, 0.25) is 0 Å². The standard InChI is InChI=1S/C13H22Br4N2OS2/c1-2-18-13(20)19(7-11(16)9-21-5-3-14)8-12(17)10-22-6-4-15/h2,11-12H,3-10H2,1H3/b18-2+. The Morgan fingerprint density at radius 3 is 1.91 bits per heavy atom. The van der Waals surface area contributed by atoms with Gasteiger partial charge in [0.1, 0.15) is 0 Å². The fourth-order valence-electron chi connectivity index (χ4n) is 1.54. The third-order valence-electron chi connectivity index (χ3n) is 2.39. The monoisotopic (exact) mass is 602 g/mol. The first-order valence-corrected chi connectivity index (χ1v) is 13.3. The van der Waals surface area contributed by atoms with E-state index in [0.29, 0.717) is 13.1 Å². The van der Waals surface area contributed by atoms with Crippen LogP contribution in [0.4, 0.5) is 4.79 Å².